The molecule has 3 rings (SSSR count). The Morgan fingerprint density at radius 3 is 3.06 bits per heavy atom. The Bertz CT molecular complexity index is 659. The van der Waals surface area contributed by atoms with E-state index < -0.39 is 5.97 Å². The number of carbonyl (C=O) groups is 1. The second-order valence-corrected chi connectivity index (χ2v) is 5.37. The average Bonchev–Trinajstić information content (AvgIpc) is 2.91. The molecule has 0 radical (unpaired) electrons. The topological polar surface area (TPSA) is 79.5 Å². The zero-order valence-electron chi connectivity index (χ0n) is 9.38. The largest absolute Gasteiger partial charge is 0.481 e. The summed E-state index contributed by atoms with van der Waals surface area (Å²) in [6, 6.07) is 5.57. The van der Waals surface area contributed by atoms with Crippen molar-refractivity contribution in [3.63, 3.8) is 0 Å². The van der Waals surface area contributed by atoms with Gasteiger partial charge >= 0.3 is 10.9 Å². The molecule has 0 spiro atoms. The van der Waals surface area contributed by atoms with Crippen molar-refractivity contribution in [3.05, 3.63) is 33.5 Å². The van der Waals surface area contributed by atoms with Gasteiger partial charge in [0.25, 0.3) is 0 Å². The smallest absolute Gasteiger partial charge is 0.396 e. The zero-order valence-corrected chi connectivity index (χ0v) is 10.2. The van der Waals surface area contributed by atoms with E-state index in [0.717, 1.165) is 21.6 Å². The minimum Gasteiger partial charge on any atom is -0.481 e. The molecule has 0 aliphatic carbocycles. The quantitative estimate of drug-likeness (QED) is 0.862. The van der Waals surface area contributed by atoms with Gasteiger partial charge < -0.3 is 14.8 Å². The fourth-order valence-electron chi connectivity index (χ4n) is 2.28. The number of carboxylic acids is 1. The minimum atomic E-state index is -0.765. The number of carboxylic acid groups (broad SMARTS) is 1. The molecule has 2 N–H and O–H groups in total. The summed E-state index contributed by atoms with van der Waals surface area (Å²) in [6.07, 6.45) is 0.577. The lowest BCUT2D eigenvalue weighted by molar-refractivity contribution is -0.141. The zero-order chi connectivity index (χ0) is 12.7. The third-order valence-electron chi connectivity index (χ3n) is 3.24. The number of fused-ring (bicyclic) bond motifs is 1. The molecule has 18 heavy (non-hydrogen) atoms. The molecule has 5 nitrogen and oxygen atoms in total. The second-order valence-electron chi connectivity index (χ2n) is 4.39. The van der Waals surface area contributed by atoms with Gasteiger partial charge in [-0.2, -0.15) is 0 Å². The van der Waals surface area contributed by atoms with E-state index in [4.69, 9.17) is 9.52 Å². The first-order valence-electron chi connectivity index (χ1n) is 5.63. The molecule has 1 saturated heterocycles. The molecule has 6 heteroatoms. The third-order valence-corrected chi connectivity index (χ3v) is 4.03. The highest BCUT2D eigenvalue weighted by Gasteiger charge is 2.30. The predicted octanol–water partition coefficient (Wildman–Crippen LogP) is 1.59. The second kappa shape index (κ2) is 4.22. The molecule has 2 atom stereocenters. The predicted molar refractivity (Wildman–Crippen MR) is 66.8 cm³/mol. The number of aliphatic carboxylic acids is 1. The van der Waals surface area contributed by atoms with Crippen LogP contribution in [0.15, 0.2) is 27.4 Å². The maximum Gasteiger partial charge on any atom is 0.396 e. The van der Waals surface area contributed by atoms with Crippen molar-refractivity contribution in [3.8, 4) is 0 Å². The van der Waals surface area contributed by atoms with Gasteiger partial charge in [-0.05, 0) is 24.1 Å². The van der Waals surface area contributed by atoms with Crippen LogP contribution in [-0.4, -0.2) is 17.6 Å². The summed E-state index contributed by atoms with van der Waals surface area (Å²) in [5, 5.41) is 12.1. The Kier molecular flexibility index (Phi) is 2.68. The summed E-state index contributed by atoms with van der Waals surface area (Å²) >= 11 is 1.07. The van der Waals surface area contributed by atoms with E-state index >= 15 is 0 Å². The van der Waals surface area contributed by atoms with E-state index in [1.54, 1.807) is 6.07 Å². The molecule has 0 saturated carbocycles. The maximum absolute atomic E-state index is 11.1. The van der Waals surface area contributed by atoms with Gasteiger partial charge in [0, 0.05) is 12.6 Å². The maximum atomic E-state index is 11.1. The molecular weight excluding hydrogens is 254 g/mol. The molecule has 1 aromatic carbocycles. The van der Waals surface area contributed by atoms with Crippen molar-refractivity contribution in [1.29, 1.82) is 0 Å². The van der Waals surface area contributed by atoms with Crippen molar-refractivity contribution >= 4 is 27.6 Å². The van der Waals surface area contributed by atoms with Gasteiger partial charge in [-0.15, -0.1) is 0 Å². The molecule has 0 amide bonds. The van der Waals surface area contributed by atoms with Crippen LogP contribution < -0.4 is 10.3 Å². The van der Waals surface area contributed by atoms with Gasteiger partial charge in [0.05, 0.1) is 10.6 Å². The van der Waals surface area contributed by atoms with E-state index in [0.29, 0.717) is 18.5 Å². The summed E-state index contributed by atoms with van der Waals surface area (Å²) in [5.74, 6) is -1.10. The van der Waals surface area contributed by atoms with Crippen molar-refractivity contribution in [2.45, 2.75) is 12.5 Å². The highest BCUT2D eigenvalue weighted by Crippen LogP contribution is 2.30. The van der Waals surface area contributed by atoms with E-state index in [1.165, 1.54) is 0 Å². The van der Waals surface area contributed by atoms with Gasteiger partial charge in [0.15, 0.2) is 0 Å². The SMILES string of the molecule is O=C(O)C1CNC(c2ccc3oc(=O)sc3c2)C1. The molecular formula is C12H11NO4S. The lowest BCUT2D eigenvalue weighted by atomic mass is 10.0. The summed E-state index contributed by atoms with van der Waals surface area (Å²) in [7, 11) is 0. The number of nitrogens with one attached hydrogen (secondary N) is 1. The summed E-state index contributed by atoms with van der Waals surface area (Å²) in [4.78, 5) is 21.7. The molecule has 94 valence electrons. The summed E-state index contributed by atoms with van der Waals surface area (Å²) in [6.45, 7) is 0.486. The molecule has 1 aromatic heterocycles. The molecule has 2 unspecified atom stereocenters. The Balaban J connectivity index is 1.91. The Labute approximate surface area is 106 Å². The van der Waals surface area contributed by atoms with Crippen LogP contribution in [0.25, 0.3) is 10.3 Å². The summed E-state index contributed by atoms with van der Waals surface area (Å²) in [5.41, 5.74) is 1.59. The monoisotopic (exact) mass is 265 g/mol. The molecule has 0 bridgehead atoms. The van der Waals surface area contributed by atoms with Crippen LogP contribution in [-0.2, 0) is 4.79 Å². The van der Waals surface area contributed by atoms with Gasteiger partial charge in [-0.25, -0.2) is 4.79 Å². The van der Waals surface area contributed by atoms with Gasteiger partial charge in [-0.1, -0.05) is 17.4 Å². The number of hydrogen-bond acceptors (Lipinski definition) is 5. The number of rotatable bonds is 2. The van der Waals surface area contributed by atoms with Crippen molar-refractivity contribution in [2.75, 3.05) is 6.54 Å². The minimum absolute atomic E-state index is 0.0349. The van der Waals surface area contributed by atoms with Crippen molar-refractivity contribution in [1.82, 2.24) is 5.32 Å². The van der Waals surface area contributed by atoms with Crippen LogP contribution >= 0.6 is 11.3 Å². The highest BCUT2D eigenvalue weighted by molar-refractivity contribution is 7.16. The third kappa shape index (κ3) is 1.93. The van der Waals surface area contributed by atoms with Crippen LogP contribution in [0, 0.1) is 5.92 Å². The highest BCUT2D eigenvalue weighted by atomic mass is 32.1. The van der Waals surface area contributed by atoms with E-state index in [1.807, 2.05) is 12.1 Å². The van der Waals surface area contributed by atoms with Crippen LogP contribution in [0.5, 0.6) is 0 Å². The van der Waals surface area contributed by atoms with Crippen LogP contribution in [0.2, 0.25) is 0 Å². The normalized spacial score (nSPS) is 23.6. The lowest BCUT2D eigenvalue weighted by Gasteiger charge is -2.09. The van der Waals surface area contributed by atoms with E-state index in [-0.39, 0.29) is 16.9 Å². The fourth-order valence-corrected chi connectivity index (χ4v) is 3.00. The summed E-state index contributed by atoms with van der Waals surface area (Å²) < 4.78 is 5.80. The molecule has 2 heterocycles. The fraction of sp³-hybridized carbons (Fsp3) is 0.333. The van der Waals surface area contributed by atoms with E-state index in [2.05, 4.69) is 5.32 Å². The van der Waals surface area contributed by atoms with Gasteiger partial charge in [0.2, 0.25) is 0 Å². The first kappa shape index (κ1) is 11.4. The van der Waals surface area contributed by atoms with Crippen LogP contribution in [0.3, 0.4) is 0 Å². The first-order chi connectivity index (χ1) is 8.63. The van der Waals surface area contributed by atoms with Gasteiger partial charge in [0.1, 0.15) is 5.58 Å². The van der Waals surface area contributed by atoms with Crippen molar-refractivity contribution in [2.24, 2.45) is 5.92 Å². The number of benzene rings is 1. The Hall–Kier alpha value is -1.66. The molecule has 1 aliphatic heterocycles. The first-order valence-corrected chi connectivity index (χ1v) is 6.45. The van der Waals surface area contributed by atoms with Crippen LogP contribution in [0.1, 0.15) is 18.0 Å². The Morgan fingerprint density at radius 2 is 2.33 bits per heavy atom. The van der Waals surface area contributed by atoms with E-state index in [9.17, 15) is 9.59 Å². The molecule has 1 fully saturated rings. The molecule has 2 aromatic rings. The average molecular weight is 265 g/mol. The number of hydrogen-bond donors (Lipinski definition) is 2. The Morgan fingerprint density at radius 1 is 1.50 bits per heavy atom. The van der Waals surface area contributed by atoms with Crippen molar-refractivity contribution < 1.29 is 14.3 Å². The van der Waals surface area contributed by atoms with Crippen LogP contribution in [0.4, 0.5) is 0 Å². The molecule has 1 aliphatic rings. The lowest BCUT2D eigenvalue weighted by Crippen LogP contribution is -2.17. The van der Waals surface area contributed by atoms with Gasteiger partial charge in [-0.3, -0.25) is 4.79 Å². The standard InChI is InChI=1S/C12H11NO4S/c14-11(15)7-3-8(13-5-7)6-1-2-9-10(4-6)18-12(16)17-9/h1-2,4,7-8,13H,3,5H2,(H,14,15).